The van der Waals surface area contributed by atoms with Gasteiger partial charge in [-0.2, -0.15) is 0 Å². The molecule has 3 N–H and O–H groups in total. The van der Waals surface area contributed by atoms with Crippen molar-refractivity contribution in [3.63, 3.8) is 0 Å². The Balaban J connectivity index is 3.66. The van der Waals surface area contributed by atoms with Crippen molar-refractivity contribution in [3.8, 4) is 0 Å². The van der Waals surface area contributed by atoms with Crippen molar-refractivity contribution in [2.24, 2.45) is 0 Å². The molecule has 0 radical (unpaired) electrons. The molecule has 19 heavy (non-hydrogen) atoms. The van der Waals surface area contributed by atoms with E-state index < -0.39 is 12.1 Å². The van der Waals surface area contributed by atoms with E-state index in [1.165, 1.54) is 0 Å². The van der Waals surface area contributed by atoms with Crippen molar-refractivity contribution in [2.75, 3.05) is 26.4 Å². The number of hydrogen-bond acceptors (Lipinski definition) is 7. The quantitative estimate of drug-likeness (QED) is 0.284. The molecule has 1 atom stereocenters. The largest absolute Gasteiger partial charge is 0.487 e. The normalized spacial score (nSPS) is 11.9. The Hall–Kier alpha value is -0.760. The lowest BCUT2D eigenvalue weighted by atomic mass is 10.2. The van der Waals surface area contributed by atoms with Gasteiger partial charge in [-0.25, -0.2) is 4.79 Å². The van der Waals surface area contributed by atoms with Gasteiger partial charge in [0.2, 0.25) is 0 Å². The van der Waals surface area contributed by atoms with Gasteiger partial charge in [0.15, 0.2) is 11.2 Å². The summed E-state index contributed by atoms with van der Waals surface area (Å²) < 4.78 is 9.93. The predicted molar refractivity (Wildman–Crippen MR) is 72.8 cm³/mol. The molecule has 0 rings (SSSR count). The fraction of sp³-hybridized carbons (Fsp3) is 0.833. The molecule has 0 aromatic rings. The van der Waals surface area contributed by atoms with E-state index in [4.69, 9.17) is 31.9 Å². The van der Waals surface area contributed by atoms with Crippen LogP contribution in [0.3, 0.4) is 0 Å². The van der Waals surface area contributed by atoms with Crippen LogP contribution in [0.5, 0.6) is 0 Å². The number of carbonyl (C=O) groups is 1. The predicted octanol–water partition coefficient (Wildman–Crippen LogP) is 0.170. The lowest BCUT2D eigenvalue weighted by molar-refractivity contribution is -0.153. The third-order valence-electron chi connectivity index (χ3n) is 2.24. The molecule has 0 bridgehead atoms. The molecule has 112 valence electrons. The number of rotatable bonds is 11. The zero-order valence-corrected chi connectivity index (χ0v) is 11.7. The van der Waals surface area contributed by atoms with Gasteiger partial charge in [-0.1, -0.05) is 0 Å². The summed E-state index contributed by atoms with van der Waals surface area (Å²) >= 11 is 4.87. The average Bonchev–Trinajstić information content (AvgIpc) is 2.39. The smallest absolute Gasteiger partial charge is 0.335 e. The minimum Gasteiger partial charge on any atom is -0.487 e. The molecular formula is C12H22O6S. The highest BCUT2D eigenvalue weighted by atomic mass is 32.1. The number of ether oxygens (including phenoxy) is 2. The number of hydrogen-bond donors (Lipinski definition) is 3. The zero-order valence-electron chi connectivity index (χ0n) is 10.9. The van der Waals surface area contributed by atoms with Crippen LogP contribution >= 0.6 is 12.2 Å². The van der Waals surface area contributed by atoms with Crippen molar-refractivity contribution in [1.82, 2.24) is 0 Å². The third-order valence-corrected chi connectivity index (χ3v) is 2.53. The summed E-state index contributed by atoms with van der Waals surface area (Å²) in [6, 6.07) is 0. The lowest BCUT2D eigenvalue weighted by Crippen LogP contribution is -2.26. The van der Waals surface area contributed by atoms with Gasteiger partial charge in [0.1, 0.15) is 0 Å². The second-order valence-corrected chi connectivity index (χ2v) is 4.42. The van der Waals surface area contributed by atoms with Crippen molar-refractivity contribution < 1.29 is 29.6 Å². The Morgan fingerprint density at radius 3 is 2.05 bits per heavy atom. The Kier molecular flexibility index (Phi) is 11.8. The summed E-state index contributed by atoms with van der Waals surface area (Å²) in [5, 5.41) is 26.8. The van der Waals surface area contributed by atoms with E-state index in [1.807, 2.05) is 0 Å². The van der Waals surface area contributed by atoms with Gasteiger partial charge >= 0.3 is 5.97 Å². The summed E-state index contributed by atoms with van der Waals surface area (Å²) in [6.07, 6.45) is 0.996. The summed E-state index contributed by atoms with van der Waals surface area (Å²) in [5.74, 6) is -0.737. The molecule has 6 nitrogen and oxygen atoms in total. The third kappa shape index (κ3) is 10.8. The highest BCUT2D eigenvalue weighted by molar-refractivity contribution is 7.80. The van der Waals surface area contributed by atoms with Gasteiger partial charge in [-0.15, -0.1) is 0 Å². The van der Waals surface area contributed by atoms with Gasteiger partial charge in [-0.05, 0) is 37.9 Å². The minimum absolute atomic E-state index is 0.0475. The number of thiocarbonyl (C=S) groups is 1. The van der Waals surface area contributed by atoms with E-state index in [1.54, 1.807) is 0 Å². The maximum atomic E-state index is 11.3. The van der Waals surface area contributed by atoms with Crippen molar-refractivity contribution in [2.45, 2.75) is 38.2 Å². The highest BCUT2D eigenvalue weighted by Gasteiger charge is 2.19. The van der Waals surface area contributed by atoms with Gasteiger partial charge in [0.05, 0.1) is 19.6 Å². The molecule has 0 aromatic heterocycles. The Morgan fingerprint density at radius 2 is 1.53 bits per heavy atom. The first-order valence-electron chi connectivity index (χ1n) is 6.33. The first-order valence-corrected chi connectivity index (χ1v) is 6.74. The van der Waals surface area contributed by atoms with Crippen molar-refractivity contribution in [3.05, 3.63) is 0 Å². The van der Waals surface area contributed by atoms with Crippen LogP contribution in [0, 0.1) is 0 Å². The van der Waals surface area contributed by atoms with E-state index in [0.29, 0.717) is 32.3 Å². The Labute approximate surface area is 118 Å². The molecule has 0 aliphatic carbocycles. The van der Waals surface area contributed by atoms with Crippen LogP contribution < -0.4 is 0 Å². The molecule has 0 saturated carbocycles. The van der Waals surface area contributed by atoms with Crippen LogP contribution in [0.25, 0.3) is 0 Å². The molecule has 0 saturated heterocycles. The van der Waals surface area contributed by atoms with Crippen molar-refractivity contribution in [1.29, 1.82) is 0 Å². The molecule has 7 heteroatoms. The van der Waals surface area contributed by atoms with E-state index in [9.17, 15) is 9.90 Å². The topological polar surface area (TPSA) is 96.2 Å². The Morgan fingerprint density at radius 1 is 1.00 bits per heavy atom. The average molecular weight is 294 g/mol. The van der Waals surface area contributed by atoms with Crippen molar-refractivity contribution >= 4 is 23.2 Å². The van der Waals surface area contributed by atoms with Crippen LogP contribution in [-0.4, -0.2) is 58.9 Å². The lowest BCUT2D eigenvalue weighted by Gasteiger charge is -2.12. The molecule has 0 amide bonds. The molecule has 0 aliphatic rings. The molecule has 0 aromatic carbocycles. The first-order chi connectivity index (χ1) is 9.11. The molecule has 0 heterocycles. The van der Waals surface area contributed by atoms with Gasteiger partial charge in [0, 0.05) is 13.2 Å². The fourth-order valence-corrected chi connectivity index (χ4v) is 1.42. The van der Waals surface area contributed by atoms with Crippen LogP contribution in [0.2, 0.25) is 0 Å². The first kappa shape index (κ1) is 18.2. The fourth-order valence-electron chi connectivity index (χ4n) is 1.18. The number of unbranched alkanes of at least 4 members (excludes halogenated alkanes) is 2. The summed E-state index contributed by atoms with van der Waals surface area (Å²) in [7, 11) is 0. The number of aliphatic hydroxyl groups is 3. The highest BCUT2D eigenvalue weighted by Crippen LogP contribution is 2.02. The molecule has 0 fully saturated rings. The standard InChI is InChI=1S/C12H22O6S/c13-5-1-3-7-17-11(19)9-10(15)12(16)18-8-4-2-6-14/h10,13-15H,1-9H2. The van der Waals surface area contributed by atoms with Crippen LogP contribution in [-0.2, 0) is 14.3 Å². The van der Waals surface area contributed by atoms with E-state index in [-0.39, 0.29) is 31.3 Å². The number of esters is 1. The second kappa shape index (κ2) is 12.3. The number of carbonyl (C=O) groups excluding carboxylic acids is 1. The SMILES string of the molecule is O=C(OCCCCO)C(O)CC(=S)OCCCCO. The number of aliphatic hydroxyl groups excluding tert-OH is 3. The van der Waals surface area contributed by atoms with E-state index in [0.717, 1.165) is 0 Å². The molecular weight excluding hydrogens is 272 g/mol. The van der Waals surface area contributed by atoms with Crippen LogP contribution in [0.15, 0.2) is 0 Å². The van der Waals surface area contributed by atoms with E-state index >= 15 is 0 Å². The summed E-state index contributed by atoms with van der Waals surface area (Å²) in [4.78, 5) is 11.3. The zero-order chi connectivity index (χ0) is 14.5. The minimum atomic E-state index is -1.32. The molecule has 0 spiro atoms. The molecule has 1 unspecified atom stereocenters. The maximum Gasteiger partial charge on any atom is 0.335 e. The van der Waals surface area contributed by atoms with Gasteiger partial charge in [-0.3, -0.25) is 0 Å². The summed E-state index contributed by atoms with van der Waals surface area (Å²) in [6.45, 7) is 0.670. The van der Waals surface area contributed by atoms with Gasteiger partial charge in [0.25, 0.3) is 0 Å². The Bertz CT molecular complexity index is 259. The summed E-state index contributed by atoms with van der Waals surface area (Å²) in [5.41, 5.74) is 0. The van der Waals surface area contributed by atoms with Crippen LogP contribution in [0.4, 0.5) is 0 Å². The van der Waals surface area contributed by atoms with Crippen LogP contribution in [0.1, 0.15) is 32.1 Å². The molecule has 0 aliphatic heterocycles. The van der Waals surface area contributed by atoms with Gasteiger partial charge < -0.3 is 24.8 Å². The second-order valence-electron chi connectivity index (χ2n) is 3.97. The maximum absolute atomic E-state index is 11.3. The monoisotopic (exact) mass is 294 g/mol. The van der Waals surface area contributed by atoms with E-state index in [2.05, 4.69) is 0 Å².